The molecule has 0 aliphatic carbocycles. The Bertz CT molecular complexity index is 615. The molecular formula is C13H18ClNO5S. The summed E-state index contributed by atoms with van der Waals surface area (Å²) in [5.41, 5.74) is -0.293. The molecule has 8 heteroatoms. The lowest BCUT2D eigenvalue weighted by Gasteiger charge is -2.13. The van der Waals surface area contributed by atoms with Crippen LogP contribution in [0.25, 0.3) is 0 Å². The molecule has 0 aliphatic rings. The Morgan fingerprint density at radius 1 is 1.38 bits per heavy atom. The molecule has 1 rings (SSSR count). The maximum absolute atomic E-state index is 12.3. The van der Waals surface area contributed by atoms with E-state index in [9.17, 15) is 13.2 Å². The number of benzene rings is 1. The van der Waals surface area contributed by atoms with Crippen molar-refractivity contribution in [2.45, 2.75) is 31.1 Å². The first kappa shape index (κ1) is 17.7. The summed E-state index contributed by atoms with van der Waals surface area (Å²) in [7, 11) is -2.67. The normalized spacial score (nSPS) is 11.4. The maximum atomic E-state index is 12.3. The highest BCUT2D eigenvalue weighted by Crippen LogP contribution is 2.31. The number of nitrogens with one attached hydrogen (secondary N) is 1. The van der Waals surface area contributed by atoms with E-state index in [0.717, 1.165) is 18.9 Å². The number of methoxy groups -OCH3 is 1. The van der Waals surface area contributed by atoms with Crippen LogP contribution in [0.15, 0.2) is 17.0 Å². The molecule has 0 spiro atoms. The van der Waals surface area contributed by atoms with E-state index in [2.05, 4.69) is 4.72 Å². The van der Waals surface area contributed by atoms with E-state index in [-0.39, 0.29) is 27.8 Å². The van der Waals surface area contributed by atoms with Gasteiger partial charge in [-0.05, 0) is 18.6 Å². The van der Waals surface area contributed by atoms with E-state index < -0.39 is 16.0 Å². The van der Waals surface area contributed by atoms with Crippen molar-refractivity contribution in [2.24, 2.45) is 0 Å². The van der Waals surface area contributed by atoms with Crippen molar-refractivity contribution < 1.29 is 23.1 Å². The summed E-state index contributed by atoms with van der Waals surface area (Å²) in [5, 5.41) is 9.12. The molecule has 21 heavy (non-hydrogen) atoms. The van der Waals surface area contributed by atoms with Crippen LogP contribution >= 0.6 is 11.6 Å². The summed E-state index contributed by atoms with van der Waals surface area (Å²) in [5.74, 6) is -1.54. The predicted molar refractivity (Wildman–Crippen MR) is 79.7 cm³/mol. The third kappa shape index (κ3) is 4.59. The first-order valence-electron chi connectivity index (χ1n) is 6.44. The highest BCUT2D eigenvalue weighted by Gasteiger charge is 2.25. The Balaban J connectivity index is 3.19. The largest absolute Gasteiger partial charge is 0.494 e. The molecule has 0 amide bonds. The van der Waals surface area contributed by atoms with Crippen molar-refractivity contribution in [3.05, 3.63) is 22.7 Å². The zero-order chi connectivity index (χ0) is 16.0. The van der Waals surface area contributed by atoms with Gasteiger partial charge in [-0.25, -0.2) is 17.9 Å². The fourth-order valence-electron chi connectivity index (χ4n) is 1.80. The van der Waals surface area contributed by atoms with Gasteiger partial charge in [-0.15, -0.1) is 0 Å². The maximum Gasteiger partial charge on any atom is 0.339 e. The van der Waals surface area contributed by atoms with Crippen molar-refractivity contribution in [1.29, 1.82) is 0 Å². The standard InChI is InChI=1S/C13H18ClNO5S/c1-3-4-5-6-15-21(18,19)11-8-9(14)7-10(13(16)17)12(11)20-2/h7-8,15H,3-6H2,1-2H3,(H,16,17). The average Bonchev–Trinajstić information content (AvgIpc) is 2.42. The van der Waals surface area contributed by atoms with Gasteiger partial charge in [0, 0.05) is 11.6 Å². The monoisotopic (exact) mass is 335 g/mol. The molecule has 0 bridgehead atoms. The minimum Gasteiger partial charge on any atom is -0.494 e. The van der Waals surface area contributed by atoms with Crippen molar-refractivity contribution in [3.8, 4) is 5.75 Å². The fraction of sp³-hybridized carbons (Fsp3) is 0.462. The molecule has 0 aliphatic heterocycles. The number of ether oxygens (including phenoxy) is 1. The number of carboxylic acid groups (broad SMARTS) is 1. The minimum atomic E-state index is -3.88. The van der Waals surface area contributed by atoms with E-state index >= 15 is 0 Å². The van der Waals surface area contributed by atoms with Crippen LogP contribution in [0.2, 0.25) is 5.02 Å². The molecule has 1 aromatic carbocycles. The zero-order valence-corrected chi connectivity index (χ0v) is 13.4. The van der Waals surface area contributed by atoms with Crippen molar-refractivity contribution >= 4 is 27.6 Å². The van der Waals surface area contributed by atoms with E-state index in [1.165, 1.54) is 13.2 Å². The third-order valence-corrected chi connectivity index (χ3v) is 4.50. The molecule has 0 atom stereocenters. The summed E-state index contributed by atoms with van der Waals surface area (Å²) in [6.45, 7) is 2.28. The number of hydrogen-bond acceptors (Lipinski definition) is 4. The molecule has 0 aromatic heterocycles. The highest BCUT2D eigenvalue weighted by atomic mass is 35.5. The number of rotatable bonds is 8. The number of aromatic carboxylic acids is 1. The molecular weight excluding hydrogens is 318 g/mol. The first-order chi connectivity index (χ1) is 9.83. The van der Waals surface area contributed by atoms with Crippen LogP contribution in [-0.4, -0.2) is 33.1 Å². The second-order valence-corrected chi connectivity index (χ2v) is 6.57. The number of halogens is 1. The molecule has 0 saturated carbocycles. The van der Waals surface area contributed by atoms with Gasteiger partial charge in [0.2, 0.25) is 10.0 Å². The molecule has 1 aromatic rings. The van der Waals surface area contributed by atoms with Gasteiger partial charge in [0.15, 0.2) is 5.75 Å². The SMILES string of the molecule is CCCCCNS(=O)(=O)c1cc(Cl)cc(C(=O)O)c1OC. The third-order valence-electron chi connectivity index (χ3n) is 2.82. The van der Waals surface area contributed by atoms with Crippen LogP contribution in [0.3, 0.4) is 0 Å². The van der Waals surface area contributed by atoms with E-state index in [1.54, 1.807) is 0 Å². The van der Waals surface area contributed by atoms with Crippen molar-refractivity contribution in [1.82, 2.24) is 4.72 Å². The van der Waals surface area contributed by atoms with Crippen LogP contribution < -0.4 is 9.46 Å². The van der Waals surface area contributed by atoms with Crippen LogP contribution in [0.4, 0.5) is 0 Å². The van der Waals surface area contributed by atoms with Crippen LogP contribution in [0.1, 0.15) is 36.5 Å². The lowest BCUT2D eigenvalue weighted by molar-refractivity contribution is 0.0693. The molecule has 2 N–H and O–H groups in total. The summed E-state index contributed by atoms with van der Waals surface area (Å²) < 4.78 is 31.9. The molecule has 6 nitrogen and oxygen atoms in total. The van der Waals surface area contributed by atoms with Crippen LogP contribution in [-0.2, 0) is 10.0 Å². The fourth-order valence-corrected chi connectivity index (χ4v) is 3.37. The highest BCUT2D eigenvalue weighted by molar-refractivity contribution is 7.89. The summed E-state index contributed by atoms with van der Waals surface area (Å²) in [6.07, 6.45) is 2.56. The number of hydrogen-bond donors (Lipinski definition) is 2. The summed E-state index contributed by atoms with van der Waals surface area (Å²) in [4.78, 5) is 10.9. The summed E-state index contributed by atoms with van der Waals surface area (Å²) in [6, 6.07) is 2.33. The van der Waals surface area contributed by atoms with Crippen molar-refractivity contribution in [2.75, 3.05) is 13.7 Å². The Kier molecular flexibility index (Phi) is 6.44. The van der Waals surface area contributed by atoms with E-state index in [4.69, 9.17) is 21.4 Å². The zero-order valence-electron chi connectivity index (χ0n) is 11.8. The molecule has 0 fully saturated rings. The van der Waals surface area contributed by atoms with Gasteiger partial charge in [-0.2, -0.15) is 0 Å². The van der Waals surface area contributed by atoms with Crippen LogP contribution in [0, 0.1) is 0 Å². The minimum absolute atomic E-state index is 0.0159. The lowest BCUT2D eigenvalue weighted by Crippen LogP contribution is -2.25. The number of sulfonamides is 1. The quantitative estimate of drug-likeness (QED) is 0.712. The van der Waals surface area contributed by atoms with Crippen LogP contribution in [0.5, 0.6) is 5.75 Å². The van der Waals surface area contributed by atoms with Gasteiger partial charge in [0.25, 0.3) is 0 Å². The lowest BCUT2D eigenvalue weighted by atomic mass is 10.2. The molecule has 0 heterocycles. The summed E-state index contributed by atoms with van der Waals surface area (Å²) >= 11 is 5.80. The topological polar surface area (TPSA) is 92.7 Å². The van der Waals surface area contributed by atoms with E-state index in [0.29, 0.717) is 6.42 Å². The Morgan fingerprint density at radius 3 is 2.57 bits per heavy atom. The Labute approximate surface area is 129 Å². The smallest absolute Gasteiger partial charge is 0.339 e. The first-order valence-corrected chi connectivity index (χ1v) is 8.30. The average molecular weight is 336 g/mol. The van der Waals surface area contributed by atoms with E-state index in [1.807, 2.05) is 6.92 Å². The van der Waals surface area contributed by atoms with Gasteiger partial charge in [0.1, 0.15) is 10.5 Å². The van der Waals surface area contributed by atoms with Gasteiger partial charge in [-0.1, -0.05) is 31.4 Å². The number of carboxylic acids is 1. The second-order valence-electron chi connectivity index (χ2n) is 4.39. The molecule has 0 radical (unpaired) electrons. The van der Waals surface area contributed by atoms with Gasteiger partial charge < -0.3 is 9.84 Å². The van der Waals surface area contributed by atoms with Crippen molar-refractivity contribution in [3.63, 3.8) is 0 Å². The number of unbranched alkanes of at least 4 members (excludes halogenated alkanes) is 2. The Morgan fingerprint density at radius 2 is 2.05 bits per heavy atom. The molecule has 118 valence electrons. The predicted octanol–water partition coefficient (Wildman–Crippen LogP) is 2.52. The van der Waals surface area contributed by atoms with Gasteiger partial charge >= 0.3 is 5.97 Å². The number of carbonyl (C=O) groups is 1. The van der Waals surface area contributed by atoms with Gasteiger partial charge in [0.05, 0.1) is 7.11 Å². The molecule has 0 unspecified atom stereocenters. The molecule has 0 saturated heterocycles. The Hall–Kier alpha value is -1.31. The second kappa shape index (κ2) is 7.63. The van der Waals surface area contributed by atoms with Gasteiger partial charge in [-0.3, -0.25) is 0 Å².